The standard InChI is InChI=1S/C11H10N2O2/c1-6(2)7-3-4-9-8(5-7)10(11(14)15)13-12-9/h3-5H,1H2,2H3,(H,12,13)(H,14,15). The summed E-state index contributed by atoms with van der Waals surface area (Å²) in [6.45, 7) is 5.69. The second-order valence-corrected chi connectivity index (χ2v) is 3.42. The van der Waals surface area contributed by atoms with Gasteiger partial charge >= 0.3 is 5.97 Å². The van der Waals surface area contributed by atoms with Crippen LogP contribution in [0.5, 0.6) is 0 Å². The number of benzene rings is 1. The molecule has 4 heteroatoms. The van der Waals surface area contributed by atoms with E-state index in [-0.39, 0.29) is 5.69 Å². The van der Waals surface area contributed by atoms with Crippen molar-refractivity contribution in [2.75, 3.05) is 0 Å². The van der Waals surface area contributed by atoms with Crippen LogP contribution in [0.15, 0.2) is 24.8 Å². The van der Waals surface area contributed by atoms with Gasteiger partial charge in [0.2, 0.25) is 0 Å². The lowest BCUT2D eigenvalue weighted by Crippen LogP contribution is -1.96. The number of H-pyrrole nitrogens is 1. The van der Waals surface area contributed by atoms with Crippen molar-refractivity contribution < 1.29 is 9.90 Å². The molecule has 4 nitrogen and oxygen atoms in total. The van der Waals surface area contributed by atoms with Crippen molar-refractivity contribution in [2.45, 2.75) is 6.92 Å². The smallest absolute Gasteiger partial charge is 0.357 e. The minimum Gasteiger partial charge on any atom is -0.476 e. The van der Waals surface area contributed by atoms with E-state index in [2.05, 4.69) is 16.8 Å². The third-order valence-corrected chi connectivity index (χ3v) is 2.26. The molecule has 0 unspecified atom stereocenters. The van der Waals surface area contributed by atoms with Crippen LogP contribution in [0.25, 0.3) is 16.5 Å². The minimum absolute atomic E-state index is 0.0492. The second-order valence-electron chi connectivity index (χ2n) is 3.42. The van der Waals surface area contributed by atoms with E-state index >= 15 is 0 Å². The summed E-state index contributed by atoms with van der Waals surface area (Å²) in [6, 6.07) is 5.47. The van der Waals surface area contributed by atoms with E-state index in [1.54, 1.807) is 12.1 Å². The molecule has 1 aromatic carbocycles. The highest BCUT2D eigenvalue weighted by atomic mass is 16.4. The zero-order chi connectivity index (χ0) is 11.0. The zero-order valence-electron chi connectivity index (χ0n) is 8.24. The minimum atomic E-state index is -1.03. The number of fused-ring (bicyclic) bond motifs is 1. The highest BCUT2D eigenvalue weighted by molar-refractivity contribution is 6.01. The number of rotatable bonds is 2. The quantitative estimate of drug-likeness (QED) is 0.785. The van der Waals surface area contributed by atoms with Gasteiger partial charge in [-0.15, -0.1) is 0 Å². The number of allylic oxidation sites excluding steroid dienone is 1. The lowest BCUT2D eigenvalue weighted by atomic mass is 10.1. The van der Waals surface area contributed by atoms with Gasteiger partial charge in [-0.1, -0.05) is 18.2 Å². The summed E-state index contributed by atoms with van der Waals surface area (Å²) >= 11 is 0. The van der Waals surface area contributed by atoms with Gasteiger partial charge < -0.3 is 5.11 Å². The molecule has 15 heavy (non-hydrogen) atoms. The molecular weight excluding hydrogens is 192 g/mol. The van der Waals surface area contributed by atoms with Crippen molar-refractivity contribution in [3.8, 4) is 0 Å². The van der Waals surface area contributed by atoms with Crippen molar-refractivity contribution in [1.29, 1.82) is 0 Å². The van der Waals surface area contributed by atoms with Gasteiger partial charge in [-0.25, -0.2) is 4.79 Å². The van der Waals surface area contributed by atoms with E-state index in [1.807, 2.05) is 13.0 Å². The van der Waals surface area contributed by atoms with Crippen molar-refractivity contribution in [3.05, 3.63) is 36.0 Å². The second kappa shape index (κ2) is 3.24. The van der Waals surface area contributed by atoms with E-state index in [0.717, 1.165) is 16.7 Å². The van der Waals surface area contributed by atoms with Crippen LogP contribution in [0.4, 0.5) is 0 Å². The Kier molecular flexibility index (Phi) is 2.04. The van der Waals surface area contributed by atoms with Crippen molar-refractivity contribution >= 4 is 22.4 Å². The molecular formula is C11H10N2O2. The average molecular weight is 202 g/mol. The number of aromatic amines is 1. The fourth-order valence-electron chi connectivity index (χ4n) is 1.44. The molecule has 2 rings (SSSR count). The monoisotopic (exact) mass is 202 g/mol. The van der Waals surface area contributed by atoms with E-state index < -0.39 is 5.97 Å². The van der Waals surface area contributed by atoms with Gasteiger partial charge in [-0.3, -0.25) is 5.10 Å². The molecule has 0 saturated heterocycles. The Morgan fingerprint density at radius 3 is 2.87 bits per heavy atom. The van der Waals surface area contributed by atoms with E-state index in [9.17, 15) is 4.79 Å². The maximum atomic E-state index is 10.9. The molecule has 0 aliphatic carbocycles. The Balaban J connectivity index is 2.72. The number of hydrogen-bond donors (Lipinski definition) is 2. The first-order chi connectivity index (χ1) is 7.09. The zero-order valence-corrected chi connectivity index (χ0v) is 8.24. The predicted molar refractivity (Wildman–Crippen MR) is 57.8 cm³/mol. The molecule has 0 aliphatic rings. The maximum Gasteiger partial charge on any atom is 0.357 e. The summed E-state index contributed by atoms with van der Waals surface area (Å²) < 4.78 is 0. The van der Waals surface area contributed by atoms with Crippen molar-refractivity contribution in [1.82, 2.24) is 10.2 Å². The normalized spacial score (nSPS) is 10.5. The number of carbonyl (C=O) groups is 1. The fraction of sp³-hybridized carbons (Fsp3) is 0.0909. The Morgan fingerprint density at radius 2 is 2.27 bits per heavy atom. The Hall–Kier alpha value is -2.10. The summed E-state index contributed by atoms with van der Waals surface area (Å²) in [6.07, 6.45) is 0. The first kappa shape index (κ1) is 9.45. The first-order valence-electron chi connectivity index (χ1n) is 4.47. The topological polar surface area (TPSA) is 66.0 Å². The molecule has 0 bridgehead atoms. The van der Waals surface area contributed by atoms with E-state index in [1.165, 1.54) is 0 Å². The molecule has 0 spiro atoms. The van der Waals surface area contributed by atoms with Crippen LogP contribution < -0.4 is 0 Å². The lowest BCUT2D eigenvalue weighted by molar-refractivity contribution is 0.0692. The van der Waals surface area contributed by atoms with Gasteiger partial charge in [0.1, 0.15) is 0 Å². The Morgan fingerprint density at radius 1 is 1.53 bits per heavy atom. The molecule has 2 N–H and O–H groups in total. The number of aromatic nitrogens is 2. The molecule has 1 heterocycles. The summed E-state index contributed by atoms with van der Waals surface area (Å²) in [5.41, 5.74) is 2.59. The molecule has 0 aliphatic heterocycles. The fourth-order valence-corrected chi connectivity index (χ4v) is 1.44. The van der Waals surface area contributed by atoms with Gasteiger partial charge in [-0.05, 0) is 24.6 Å². The molecule has 0 saturated carbocycles. The van der Waals surface area contributed by atoms with Crippen LogP contribution in [0.3, 0.4) is 0 Å². The van der Waals surface area contributed by atoms with Crippen LogP contribution in [-0.4, -0.2) is 21.3 Å². The molecule has 0 atom stereocenters. The number of carboxylic acid groups (broad SMARTS) is 1. The van der Waals surface area contributed by atoms with Crippen LogP contribution in [-0.2, 0) is 0 Å². The van der Waals surface area contributed by atoms with Gasteiger partial charge in [0, 0.05) is 5.39 Å². The van der Waals surface area contributed by atoms with Gasteiger partial charge in [0.25, 0.3) is 0 Å². The number of hydrogen-bond acceptors (Lipinski definition) is 2. The van der Waals surface area contributed by atoms with Crippen molar-refractivity contribution in [2.24, 2.45) is 0 Å². The SMILES string of the molecule is C=C(C)c1ccc2[nH]nc(C(=O)O)c2c1. The molecule has 1 aromatic heterocycles. The van der Waals surface area contributed by atoms with Gasteiger partial charge in [-0.2, -0.15) is 5.10 Å². The Labute approximate surface area is 86.2 Å². The number of carboxylic acids is 1. The predicted octanol–water partition coefficient (Wildman–Crippen LogP) is 2.29. The third-order valence-electron chi connectivity index (χ3n) is 2.26. The number of aromatic carboxylic acids is 1. The largest absolute Gasteiger partial charge is 0.476 e. The number of nitrogens with one attached hydrogen (secondary N) is 1. The maximum absolute atomic E-state index is 10.9. The number of nitrogens with zero attached hydrogens (tertiary/aromatic N) is 1. The Bertz CT molecular complexity index is 555. The molecule has 0 fully saturated rings. The molecule has 76 valence electrons. The molecule has 0 amide bonds. The van der Waals surface area contributed by atoms with E-state index in [0.29, 0.717) is 5.39 Å². The van der Waals surface area contributed by atoms with Gasteiger partial charge in [0.05, 0.1) is 5.52 Å². The van der Waals surface area contributed by atoms with Crippen molar-refractivity contribution in [3.63, 3.8) is 0 Å². The van der Waals surface area contributed by atoms with Crippen LogP contribution in [0, 0.1) is 0 Å². The highest BCUT2D eigenvalue weighted by Gasteiger charge is 2.12. The first-order valence-corrected chi connectivity index (χ1v) is 4.47. The summed E-state index contributed by atoms with van der Waals surface area (Å²) in [5, 5.41) is 15.9. The summed E-state index contributed by atoms with van der Waals surface area (Å²) in [7, 11) is 0. The van der Waals surface area contributed by atoms with E-state index in [4.69, 9.17) is 5.11 Å². The lowest BCUT2D eigenvalue weighted by Gasteiger charge is -1.99. The van der Waals surface area contributed by atoms with Gasteiger partial charge in [0.15, 0.2) is 5.69 Å². The summed E-state index contributed by atoms with van der Waals surface area (Å²) in [4.78, 5) is 10.9. The third kappa shape index (κ3) is 1.50. The van der Waals surface area contributed by atoms with Crippen LogP contribution in [0.1, 0.15) is 23.0 Å². The highest BCUT2D eigenvalue weighted by Crippen LogP contribution is 2.21. The summed E-state index contributed by atoms with van der Waals surface area (Å²) in [5.74, 6) is -1.03. The van der Waals surface area contributed by atoms with Crippen LogP contribution >= 0.6 is 0 Å². The molecule has 0 radical (unpaired) electrons. The van der Waals surface area contributed by atoms with Crippen LogP contribution in [0.2, 0.25) is 0 Å². The average Bonchev–Trinajstić information content (AvgIpc) is 2.59. The molecule has 2 aromatic rings.